The molecule has 1 aromatic rings. The number of ether oxygens (including phenoxy) is 1. The van der Waals surface area contributed by atoms with Crippen LogP contribution in [-0.4, -0.2) is 32.2 Å². The summed E-state index contributed by atoms with van der Waals surface area (Å²) in [4.78, 5) is 4.49. The summed E-state index contributed by atoms with van der Waals surface area (Å²) in [6, 6.07) is 9.89. The highest BCUT2D eigenvalue weighted by Crippen LogP contribution is 2.08. The van der Waals surface area contributed by atoms with Gasteiger partial charge in [0.05, 0.1) is 6.61 Å². The second-order valence-corrected chi connectivity index (χ2v) is 4.30. The van der Waals surface area contributed by atoms with Gasteiger partial charge in [0.25, 0.3) is 0 Å². The van der Waals surface area contributed by atoms with E-state index < -0.39 is 0 Å². The summed E-state index contributed by atoms with van der Waals surface area (Å²) in [5.74, 6) is 1.77. The summed E-state index contributed by atoms with van der Waals surface area (Å²) < 4.78 is 5.63. The Morgan fingerprint density at radius 3 is 2.67 bits per heavy atom. The van der Waals surface area contributed by atoms with Gasteiger partial charge in [0.2, 0.25) is 0 Å². The number of aliphatic imine (C=N–C) groups is 1. The Kier molecular flexibility index (Phi) is 12.9. The molecule has 0 atom stereocenters. The average Bonchev–Trinajstić information content (AvgIpc) is 2.49. The van der Waals surface area contributed by atoms with Gasteiger partial charge >= 0.3 is 0 Å². The molecule has 0 fully saturated rings. The second kappa shape index (κ2) is 13.7. The van der Waals surface area contributed by atoms with Crippen molar-refractivity contribution in [3.63, 3.8) is 0 Å². The van der Waals surface area contributed by atoms with Crippen molar-refractivity contribution in [1.82, 2.24) is 10.6 Å². The summed E-state index contributed by atoms with van der Waals surface area (Å²) >= 11 is 0. The van der Waals surface area contributed by atoms with Gasteiger partial charge in [-0.15, -0.1) is 30.6 Å². The summed E-state index contributed by atoms with van der Waals surface area (Å²) in [7, 11) is 0. The van der Waals surface area contributed by atoms with Crippen LogP contribution < -0.4 is 15.4 Å². The minimum atomic E-state index is 0. The lowest BCUT2D eigenvalue weighted by atomic mass is 10.3. The van der Waals surface area contributed by atoms with Gasteiger partial charge in [-0.25, -0.2) is 0 Å². The molecule has 0 amide bonds. The number of hydrogen-bond acceptors (Lipinski definition) is 2. The molecule has 118 valence electrons. The van der Waals surface area contributed by atoms with Crippen molar-refractivity contribution in [2.75, 3.05) is 26.2 Å². The maximum atomic E-state index is 5.63. The standard InChI is InChI=1S/C16H25N3O.HI/c1-3-12-18-16(17-4-2)19-13-8-9-14-20-15-10-6-5-7-11-15;/h3,5-7,10-11H,1,4,8-9,12-14H2,2H3,(H2,17,18,19);1H. The number of rotatable bonds is 9. The maximum Gasteiger partial charge on any atom is 0.191 e. The lowest BCUT2D eigenvalue weighted by Gasteiger charge is -2.09. The molecule has 0 heterocycles. The van der Waals surface area contributed by atoms with E-state index >= 15 is 0 Å². The SMILES string of the molecule is C=CCNC(=NCCCCOc1ccccc1)NCC.I. The first-order chi connectivity index (χ1) is 9.86. The van der Waals surface area contributed by atoms with E-state index in [9.17, 15) is 0 Å². The Labute approximate surface area is 145 Å². The molecule has 4 nitrogen and oxygen atoms in total. The van der Waals surface area contributed by atoms with Crippen molar-refractivity contribution >= 4 is 29.9 Å². The van der Waals surface area contributed by atoms with Crippen molar-refractivity contribution in [3.05, 3.63) is 43.0 Å². The van der Waals surface area contributed by atoms with Crippen LogP contribution in [0, 0.1) is 0 Å². The van der Waals surface area contributed by atoms with Crippen molar-refractivity contribution in [1.29, 1.82) is 0 Å². The zero-order valence-corrected chi connectivity index (χ0v) is 15.0. The van der Waals surface area contributed by atoms with E-state index in [1.54, 1.807) is 0 Å². The molecule has 0 saturated heterocycles. The molecule has 1 aromatic carbocycles. The number of guanidine groups is 1. The van der Waals surface area contributed by atoms with Crippen LogP contribution in [0.4, 0.5) is 0 Å². The topological polar surface area (TPSA) is 45.7 Å². The predicted molar refractivity (Wildman–Crippen MR) is 101 cm³/mol. The molecule has 0 aliphatic rings. The van der Waals surface area contributed by atoms with Gasteiger partial charge in [0.1, 0.15) is 5.75 Å². The predicted octanol–water partition coefficient (Wildman–Crippen LogP) is 3.20. The van der Waals surface area contributed by atoms with Crippen molar-refractivity contribution in [2.24, 2.45) is 4.99 Å². The second-order valence-electron chi connectivity index (χ2n) is 4.30. The molecule has 0 saturated carbocycles. The Morgan fingerprint density at radius 1 is 1.24 bits per heavy atom. The molecule has 1 rings (SSSR count). The number of hydrogen-bond donors (Lipinski definition) is 2. The summed E-state index contributed by atoms with van der Waals surface area (Å²) in [6.07, 6.45) is 3.83. The molecule has 0 bridgehead atoms. The monoisotopic (exact) mass is 403 g/mol. The molecule has 21 heavy (non-hydrogen) atoms. The van der Waals surface area contributed by atoms with Crippen molar-refractivity contribution in [2.45, 2.75) is 19.8 Å². The molecule has 2 N–H and O–H groups in total. The summed E-state index contributed by atoms with van der Waals surface area (Å²) in [6.45, 7) is 8.85. The zero-order chi connectivity index (χ0) is 14.5. The first kappa shape index (κ1) is 19.8. The maximum absolute atomic E-state index is 5.63. The van der Waals surface area contributed by atoms with Crippen LogP contribution in [-0.2, 0) is 0 Å². The molecule has 5 heteroatoms. The van der Waals surface area contributed by atoms with E-state index in [0.29, 0.717) is 0 Å². The fourth-order valence-corrected chi connectivity index (χ4v) is 1.62. The lowest BCUT2D eigenvalue weighted by molar-refractivity contribution is 0.308. The largest absolute Gasteiger partial charge is 0.494 e. The number of nitrogens with one attached hydrogen (secondary N) is 2. The highest BCUT2D eigenvalue weighted by Gasteiger charge is 1.95. The third kappa shape index (κ3) is 10.2. The van der Waals surface area contributed by atoms with E-state index in [1.165, 1.54) is 0 Å². The third-order valence-corrected chi connectivity index (χ3v) is 2.59. The molecular weight excluding hydrogens is 377 g/mol. The summed E-state index contributed by atoms with van der Waals surface area (Å²) in [5, 5.41) is 6.37. The van der Waals surface area contributed by atoms with Crippen molar-refractivity contribution in [3.8, 4) is 5.75 Å². The molecule has 0 spiro atoms. The normalized spacial score (nSPS) is 10.4. The number of nitrogens with zero attached hydrogens (tertiary/aromatic N) is 1. The van der Waals surface area contributed by atoms with Crippen LogP contribution in [0.2, 0.25) is 0 Å². The number of halogens is 1. The van der Waals surface area contributed by atoms with E-state index in [1.807, 2.05) is 36.4 Å². The van der Waals surface area contributed by atoms with Crippen molar-refractivity contribution < 1.29 is 4.74 Å². The van der Waals surface area contributed by atoms with E-state index in [4.69, 9.17) is 4.74 Å². The molecule has 0 unspecified atom stereocenters. The van der Waals surface area contributed by atoms with E-state index in [2.05, 4.69) is 29.1 Å². The fourth-order valence-electron chi connectivity index (χ4n) is 1.62. The van der Waals surface area contributed by atoms with E-state index in [-0.39, 0.29) is 24.0 Å². The Balaban J connectivity index is 0.00000400. The third-order valence-electron chi connectivity index (χ3n) is 2.59. The smallest absolute Gasteiger partial charge is 0.191 e. The van der Waals surface area contributed by atoms with Gasteiger partial charge in [-0.2, -0.15) is 0 Å². The number of unbranched alkanes of at least 4 members (excludes halogenated alkanes) is 1. The average molecular weight is 403 g/mol. The fraction of sp³-hybridized carbons (Fsp3) is 0.438. The molecule has 0 aliphatic carbocycles. The molecular formula is C16H26IN3O. The van der Waals surface area contributed by atoms with Gasteiger partial charge in [-0.1, -0.05) is 24.3 Å². The van der Waals surface area contributed by atoms with Gasteiger partial charge in [0, 0.05) is 19.6 Å². The first-order valence-corrected chi connectivity index (χ1v) is 7.17. The van der Waals surface area contributed by atoms with Gasteiger partial charge in [-0.3, -0.25) is 4.99 Å². The first-order valence-electron chi connectivity index (χ1n) is 7.17. The number of para-hydroxylation sites is 1. The highest BCUT2D eigenvalue weighted by atomic mass is 127. The lowest BCUT2D eigenvalue weighted by Crippen LogP contribution is -2.37. The molecule has 0 radical (unpaired) electrons. The molecule has 0 aromatic heterocycles. The van der Waals surface area contributed by atoms with Gasteiger partial charge in [0.15, 0.2) is 5.96 Å². The Morgan fingerprint density at radius 2 is 2.00 bits per heavy atom. The minimum absolute atomic E-state index is 0. The van der Waals surface area contributed by atoms with Gasteiger partial charge < -0.3 is 15.4 Å². The van der Waals surface area contributed by atoms with Crippen LogP contribution in [0.3, 0.4) is 0 Å². The Bertz CT molecular complexity index is 396. The van der Waals surface area contributed by atoms with Crippen LogP contribution in [0.1, 0.15) is 19.8 Å². The van der Waals surface area contributed by atoms with Crippen LogP contribution in [0.25, 0.3) is 0 Å². The van der Waals surface area contributed by atoms with Crippen LogP contribution in [0.5, 0.6) is 5.75 Å². The highest BCUT2D eigenvalue weighted by molar-refractivity contribution is 14.0. The van der Waals surface area contributed by atoms with E-state index in [0.717, 1.165) is 50.8 Å². The van der Waals surface area contributed by atoms with Crippen LogP contribution >= 0.6 is 24.0 Å². The van der Waals surface area contributed by atoms with Gasteiger partial charge in [-0.05, 0) is 31.9 Å². The molecule has 0 aliphatic heterocycles. The number of benzene rings is 1. The quantitative estimate of drug-likeness (QED) is 0.219. The summed E-state index contributed by atoms with van der Waals surface area (Å²) in [5.41, 5.74) is 0. The minimum Gasteiger partial charge on any atom is -0.494 e. The Hall–Kier alpha value is -1.24. The zero-order valence-electron chi connectivity index (χ0n) is 12.7. The van der Waals surface area contributed by atoms with Crippen LogP contribution in [0.15, 0.2) is 48.0 Å².